The highest BCUT2D eigenvalue weighted by Gasteiger charge is 2.01. The van der Waals surface area contributed by atoms with E-state index in [1.165, 1.54) is 0 Å². The van der Waals surface area contributed by atoms with Gasteiger partial charge in [-0.1, -0.05) is 0 Å². The molecule has 0 radical (unpaired) electrons. The number of aromatic nitrogens is 2. The molecule has 0 saturated carbocycles. The summed E-state index contributed by atoms with van der Waals surface area (Å²) in [5, 5.41) is 0. The van der Waals surface area contributed by atoms with Gasteiger partial charge >= 0.3 is 5.69 Å². The van der Waals surface area contributed by atoms with Gasteiger partial charge in [0.2, 0.25) is 0 Å². The van der Waals surface area contributed by atoms with Gasteiger partial charge in [-0.2, -0.15) is 4.98 Å². The van der Waals surface area contributed by atoms with E-state index in [1.54, 1.807) is 0 Å². The second kappa shape index (κ2) is 3.31. The molecule has 0 amide bonds. The number of nitrogens with two attached hydrogens (primary N) is 1. The van der Waals surface area contributed by atoms with E-state index in [4.69, 9.17) is 17.5 Å². The molecule has 0 aliphatic carbocycles. The first-order chi connectivity index (χ1) is 4.61. The predicted octanol–water partition coefficient (Wildman–Crippen LogP) is -0.858. The summed E-state index contributed by atoms with van der Waals surface area (Å²) in [4.78, 5) is 13.5. The van der Waals surface area contributed by atoms with Crippen LogP contribution in [0.3, 0.4) is 0 Å². The van der Waals surface area contributed by atoms with Gasteiger partial charge in [0.25, 0.3) is 0 Å². The van der Waals surface area contributed by atoms with Crippen LogP contribution in [0.2, 0.25) is 0 Å². The largest absolute Gasteiger partial charge is 0.412 e. The van der Waals surface area contributed by atoms with E-state index in [0.29, 0.717) is 4.09 Å². The molecule has 0 aliphatic heterocycles. The summed E-state index contributed by atoms with van der Waals surface area (Å²) in [6, 6.07) is 0. The SMILES string of the molecule is Nc1nc(=O)n(Cl)cc1F.O. The molecule has 0 fully saturated rings. The predicted molar refractivity (Wildman–Crippen MR) is 37.7 cm³/mol. The molecule has 0 aliphatic rings. The third-order valence-electron chi connectivity index (χ3n) is 0.870. The summed E-state index contributed by atoms with van der Waals surface area (Å²) in [6.07, 6.45) is 0.756. The van der Waals surface area contributed by atoms with Crippen molar-refractivity contribution in [3.8, 4) is 0 Å². The summed E-state index contributed by atoms with van der Waals surface area (Å²) < 4.78 is 12.8. The highest BCUT2D eigenvalue weighted by molar-refractivity contribution is 6.15. The summed E-state index contributed by atoms with van der Waals surface area (Å²) in [6.45, 7) is 0. The van der Waals surface area contributed by atoms with Crippen LogP contribution in [0.15, 0.2) is 11.0 Å². The molecular weight excluding hydrogens is 177 g/mol. The quantitative estimate of drug-likeness (QED) is 0.565. The zero-order chi connectivity index (χ0) is 7.72. The number of anilines is 1. The van der Waals surface area contributed by atoms with Crippen LogP contribution >= 0.6 is 11.8 Å². The van der Waals surface area contributed by atoms with Gasteiger partial charge in [-0.05, 0) is 0 Å². The first-order valence-corrected chi connectivity index (χ1v) is 2.66. The van der Waals surface area contributed by atoms with Gasteiger partial charge < -0.3 is 11.2 Å². The Balaban J connectivity index is 0.000001000. The number of hydrogen-bond acceptors (Lipinski definition) is 3. The maximum atomic E-state index is 12.3. The molecular formula is C4H5ClFN3O2. The van der Waals surface area contributed by atoms with E-state index >= 15 is 0 Å². The molecule has 0 bridgehead atoms. The van der Waals surface area contributed by atoms with Crippen LogP contribution < -0.4 is 11.4 Å². The molecule has 1 aromatic heterocycles. The summed E-state index contributed by atoms with van der Waals surface area (Å²) in [7, 11) is 0. The first kappa shape index (κ1) is 9.86. The molecule has 1 heterocycles. The van der Waals surface area contributed by atoms with Crippen LogP contribution in [-0.2, 0) is 0 Å². The molecule has 0 spiro atoms. The van der Waals surface area contributed by atoms with Crippen molar-refractivity contribution in [1.82, 2.24) is 9.07 Å². The Morgan fingerprint density at radius 3 is 2.73 bits per heavy atom. The van der Waals surface area contributed by atoms with E-state index in [2.05, 4.69) is 4.98 Å². The fourth-order valence-electron chi connectivity index (χ4n) is 0.425. The van der Waals surface area contributed by atoms with Crippen LogP contribution in [0.25, 0.3) is 0 Å². The minimum atomic E-state index is -0.811. The number of nitrogen functional groups attached to an aromatic ring is 1. The van der Waals surface area contributed by atoms with Crippen LogP contribution in [0.5, 0.6) is 0 Å². The number of halogens is 2. The average Bonchev–Trinajstić information content (AvgIpc) is 1.84. The lowest BCUT2D eigenvalue weighted by Crippen LogP contribution is -2.18. The third kappa shape index (κ3) is 1.89. The molecule has 0 aromatic carbocycles. The van der Waals surface area contributed by atoms with E-state index in [9.17, 15) is 9.18 Å². The van der Waals surface area contributed by atoms with Gasteiger partial charge in [0.15, 0.2) is 11.6 Å². The Kier molecular flexibility index (Phi) is 2.97. The summed E-state index contributed by atoms with van der Waals surface area (Å²) >= 11 is 5.13. The first-order valence-electron chi connectivity index (χ1n) is 2.32. The van der Waals surface area contributed by atoms with Crippen LogP contribution in [0.1, 0.15) is 0 Å². The van der Waals surface area contributed by atoms with E-state index in [1.807, 2.05) is 0 Å². The highest BCUT2D eigenvalue weighted by Crippen LogP contribution is 2.00. The Morgan fingerprint density at radius 1 is 1.73 bits per heavy atom. The monoisotopic (exact) mass is 181 g/mol. The van der Waals surface area contributed by atoms with Crippen molar-refractivity contribution in [3.63, 3.8) is 0 Å². The fraction of sp³-hybridized carbons (Fsp3) is 0. The van der Waals surface area contributed by atoms with Crippen LogP contribution in [-0.4, -0.2) is 14.5 Å². The Labute approximate surface area is 65.6 Å². The molecule has 0 saturated heterocycles. The lowest BCUT2D eigenvalue weighted by Gasteiger charge is -1.94. The van der Waals surface area contributed by atoms with Crippen LogP contribution in [0, 0.1) is 5.82 Å². The van der Waals surface area contributed by atoms with Gasteiger partial charge in [0.1, 0.15) is 0 Å². The molecule has 0 unspecified atom stereocenters. The van der Waals surface area contributed by atoms with Crippen molar-refractivity contribution < 1.29 is 9.87 Å². The molecule has 1 rings (SSSR count). The Hall–Kier alpha value is -1.14. The topological polar surface area (TPSA) is 92.4 Å². The molecule has 0 atom stereocenters. The normalized spacial score (nSPS) is 8.91. The van der Waals surface area contributed by atoms with Crippen molar-refractivity contribution in [3.05, 3.63) is 22.5 Å². The molecule has 11 heavy (non-hydrogen) atoms. The zero-order valence-corrected chi connectivity index (χ0v) is 5.97. The van der Waals surface area contributed by atoms with Crippen molar-refractivity contribution in [2.75, 3.05) is 5.73 Å². The minimum absolute atomic E-state index is 0. The maximum Gasteiger partial charge on any atom is 0.364 e. The Bertz CT molecular complexity index is 313. The van der Waals surface area contributed by atoms with Gasteiger partial charge in [-0.3, -0.25) is 0 Å². The number of nitrogens with zero attached hydrogens (tertiary/aromatic N) is 2. The highest BCUT2D eigenvalue weighted by atomic mass is 35.5. The molecule has 4 N–H and O–H groups in total. The van der Waals surface area contributed by atoms with Gasteiger partial charge in [0, 0.05) is 11.8 Å². The smallest absolute Gasteiger partial charge is 0.364 e. The lowest BCUT2D eigenvalue weighted by molar-refractivity contribution is 0.613. The second-order valence-electron chi connectivity index (χ2n) is 1.57. The van der Waals surface area contributed by atoms with Crippen molar-refractivity contribution in [2.45, 2.75) is 0 Å². The third-order valence-corrected chi connectivity index (χ3v) is 1.11. The van der Waals surface area contributed by atoms with E-state index < -0.39 is 17.3 Å². The molecule has 62 valence electrons. The Morgan fingerprint density at radius 2 is 2.27 bits per heavy atom. The van der Waals surface area contributed by atoms with E-state index in [-0.39, 0.29) is 5.48 Å². The molecule has 7 heteroatoms. The minimum Gasteiger partial charge on any atom is -0.412 e. The number of rotatable bonds is 0. The maximum absolute atomic E-state index is 12.3. The second-order valence-corrected chi connectivity index (χ2v) is 1.93. The standard InChI is InChI=1S/C4H3ClFN3O.H2O/c5-9-1-2(6)3(7)8-4(9)10;/h1H,(H2,7,8,10);1H2. The zero-order valence-electron chi connectivity index (χ0n) is 5.21. The summed E-state index contributed by atoms with van der Waals surface area (Å²) in [5.74, 6) is -1.25. The molecule has 5 nitrogen and oxygen atoms in total. The fourth-order valence-corrected chi connectivity index (χ4v) is 0.549. The van der Waals surface area contributed by atoms with Gasteiger partial charge in [-0.25, -0.2) is 13.3 Å². The van der Waals surface area contributed by atoms with Gasteiger partial charge in [-0.15, -0.1) is 0 Å². The van der Waals surface area contributed by atoms with Crippen molar-refractivity contribution >= 4 is 17.6 Å². The van der Waals surface area contributed by atoms with Crippen molar-refractivity contribution in [2.24, 2.45) is 0 Å². The van der Waals surface area contributed by atoms with Crippen LogP contribution in [0.4, 0.5) is 10.2 Å². The number of hydrogen-bond donors (Lipinski definition) is 1. The molecule has 1 aromatic rings. The average molecular weight is 182 g/mol. The summed E-state index contributed by atoms with van der Waals surface area (Å²) in [5.41, 5.74) is 4.14. The van der Waals surface area contributed by atoms with Crippen molar-refractivity contribution in [1.29, 1.82) is 0 Å². The van der Waals surface area contributed by atoms with E-state index in [0.717, 1.165) is 6.20 Å². The van der Waals surface area contributed by atoms with Gasteiger partial charge in [0.05, 0.1) is 6.20 Å². The lowest BCUT2D eigenvalue weighted by atomic mass is 10.6.